The number of para-hydroxylation sites is 1. The minimum atomic E-state index is -0.652. The van der Waals surface area contributed by atoms with Gasteiger partial charge in [0.05, 0.1) is 23.6 Å². The number of ether oxygens (including phenoxy) is 1. The quantitative estimate of drug-likeness (QED) is 0.663. The summed E-state index contributed by atoms with van der Waals surface area (Å²) >= 11 is 0. The summed E-state index contributed by atoms with van der Waals surface area (Å²) < 4.78 is 5.65. The van der Waals surface area contributed by atoms with E-state index in [-0.39, 0.29) is 35.9 Å². The van der Waals surface area contributed by atoms with Crippen LogP contribution in [-0.2, 0) is 21.5 Å². The molecular weight excluding hydrogens is 424 g/mol. The molecule has 0 amide bonds. The maximum Gasteiger partial charge on any atom is 0.313 e. The van der Waals surface area contributed by atoms with E-state index in [9.17, 15) is 9.90 Å². The zero-order valence-electron chi connectivity index (χ0n) is 20.0. The van der Waals surface area contributed by atoms with Crippen LogP contribution in [0.1, 0.15) is 49.7 Å². The van der Waals surface area contributed by atoms with Gasteiger partial charge >= 0.3 is 5.97 Å². The van der Waals surface area contributed by atoms with Crippen LogP contribution in [0, 0.1) is 17.3 Å². The number of nitrogens with zero attached hydrogens (tertiary/aromatic N) is 2. The molecule has 4 aliphatic rings. The van der Waals surface area contributed by atoms with Gasteiger partial charge in [0, 0.05) is 31.4 Å². The van der Waals surface area contributed by atoms with Crippen LogP contribution in [0.25, 0.3) is 0 Å². The molecule has 1 saturated heterocycles. The molecule has 5 atom stereocenters. The predicted octanol–water partition coefficient (Wildman–Crippen LogP) is 4.65. The molecule has 5 nitrogen and oxygen atoms in total. The Balaban J connectivity index is 1.55. The van der Waals surface area contributed by atoms with E-state index < -0.39 is 5.41 Å². The number of rotatable bonds is 5. The standard InChI is InChI=1S/C29H34N2O3/c1-34-27(33)29(22-12-7-10-21(22)19-32)15-14-25-28(23-11-5-6-13-24(23)30-25)16-17-31(26(28)29)18-20-8-3-2-4-9-20/h2-6,8-9,11,13,21-22,26,32H,7,10,12,14-19H2,1H3. The number of likely N-dealkylation sites (tertiary alicyclic amines) is 1. The molecule has 34 heavy (non-hydrogen) atoms. The summed E-state index contributed by atoms with van der Waals surface area (Å²) in [6, 6.07) is 19.1. The molecule has 0 aromatic heterocycles. The molecular formula is C29H34N2O3. The van der Waals surface area contributed by atoms with Crippen molar-refractivity contribution in [2.24, 2.45) is 22.2 Å². The van der Waals surface area contributed by atoms with Gasteiger partial charge < -0.3 is 9.84 Å². The molecule has 0 radical (unpaired) electrons. The average Bonchev–Trinajstić information content (AvgIpc) is 3.59. The molecule has 2 aliphatic carbocycles. The minimum Gasteiger partial charge on any atom is -0.469 e. The molecule has 5 heteroatoms. The maximum absolute atomic E-state index is 14.0. The summed E-state index contributed by atoms with van der Waals surface area (Å²) in [5.74, 6) is 0.175. The summed E-state index contributed by atoms with van der Waals surface area (Å²) in [5.41, 5.74) is 3.93. The van der Waals surface area contributed by atoms with E-state index in [1.807, 2.05) is 0 Å². The van der Waals surface area contributed by atoms with Crippen molar-refractivity contribution in [1.29, 1.82) is 0 Å². The molecule has 178 valence electrons. The van der Waals surface area contributed by atoms with Crippen LogP contribution in [0.5, 0.6) is 0 Å². The van der Waals surface area contributed by atoms with Crippen molar-refractivity contribution in [3.8, 4) is 0 Å². The van der Waals surface area contributed by atoms with Crippen molar-refractivity contribution >= 4 is 17.4 Å². The van der Waals surface area contributed by atoms with E-state index in [4.69, 9.17) is 9.73 Å². The van der Waals surface area contributed by atoms with Crippen molar-refractivity contribution < 1.29 is 14.6 Å². The first kappa shape index (κ1) is 22.0. The second-order valence-corrected chi connectivity index (χ2v) is 10.7. The van der Waals surface area contributed by atoms with E-state index >= 15 is 0 Å². The molecule has 2 aromatic rings. The van der Waals surface area contributed by atoms with Gasteiger partial charge in [-0.1, -0.05) is 55.0 Å². The van der Waals surface area contributed by atoms with Gasteiger partial charge in [0.1, 0.15) is 0 Å². The van der Waals surface area contributed by atoms with Gasteiger partial charge in [-0.15, -0.1) is 0 Å². The molecule has 6 rings (SSSR count). The topological polar surface area (TPSA) is 62.1 Å². The molecule has 2 aromatic carbocycles. The number of aliphatic imine (C=N–C) groups is 1. The van der Waals surface area contributed by atoms with Gasteiger partial charge in [-0.25, -0.2) is 0 Å². The smallest absolute Gasteiger partial charge is 0.313 e. The zero-order chi connectivity index (χ0) is 23.3. The third-order valence-corrected chi connectivity index (χ3v) is 9.39. The number of hydrogen-bond donors (Lipinski definition) is 1. The molecule has 3 fully saturated rings. The molecule has 2 saturated carbocycles. The summed E-state index contributed by atoms with van der Waals surface area (Å²) in [6.45, 7) is 1.86. The van der Waals surface area contributed by atoms with Crippen molar-refractivity contribution in [2.75, 3.05) is 20.3 Å². The van der Waals surface area contributed by atoms with Gasteiger partial charge in [-0.2, -0.15) is 0 Å². The van der Waals surface area contributed by atoms with Crippen molar-refractivity contribution in [1.82, 2.24) is 4.90 Å². The van der Waals surface area contributed by atoms with E-state index in [2.05, 4.69) is 59.5 Å². The first-order valence-corrected chi connectivity index (χ1v) is 12.8. The minimum absolute atomic E-state index is 0.0269. The van der Waals surface area contributed by atoms with E-state index in [0.717, 1.165) is 57.3 Å². The lowest BCUT2D eigenvalue weighted by molar-refractivity contribution is -0.167. The molecule has 2 aliphatic heterocycles. The number of esters is 1. The second-order valence-electron chi connectivity index (χ2n) is 10.7. The molecule has 5 unspecified atom stereocenters. The van der Waals surface area contributed by atoms with Gasteiger partial charge in [-0.3, -0.25) is 14.7 Å². The van der Waals surface area contributed by atoms with E-state index in [1.165, 1.54) is 16.8 Å². The fourth-order valence-electron chi connectivity index (χ4n) is 8.20. The van der Waals surface area contributed by atoms with Crippen LogP contribution in [0.4, 0.5) is 5.69 Å². The predicted molar refractivity (Wildman–Crippen MR) is 132 cm³/mol. The molecule has 1 N–H and O–H groups in total. The van der Waals surface area contributed by atoms with Gasteiger partial charge in [-0.05, 0) is 61.1 Å². The molecule has 1 spiro atoms. The average molecular weight is 459 g/mol. The Kier molecular flexibility index (Phi) is 5.38. The largest absolute Gasteiger partial charge is 0.469 e. The van der Waals surface area contributed by atoms with E-state index in [0.29, 0.717) is 0 Å². The number of hydrogen-bond acceptors (Lipinski definition) is 5. The third kappa shape index (κ3) is 2.93. The lowest BCUT2D eigenvalue weighted by atomic mass is 9.50. The molecule has 2 heterocycles. The second kappa shape index (κ2) is 8.31. The van der Waals surface area contributed by atoms with Crippen molar-refractivity contribution in [3.63, 3.8) is 0 Å². The van der Waals surface area contributed by atoms with Gasteiger partial charge in [0.2, 0.25) is 0 Å². The van der Waals surface area contributed by atoms with Crippen LogP contribution >= 0.6 is 0 Å². The van der Waals surface area contributed by atoms with E-state index in [1.54, 1.807) is 7.11 Å². The Morgan fingerprint density at radius 2 is 1.91 bits per heavy atom. The lowest BCUT2D eigenvalue weighted by Gasteiger charge is -2.55. The number of fused-ring (bicyclic) bond motifs is 1. The monoisotopic (exact) mass is 458 g/mol. The Hall–Kier alpha value is -2.50. The zero-order valence-corrected chi connectivity index (χ0v) is 20.0. The number of methoxy groups -OCH3 is 1. The Morgan fingerprint density at radius 1 is 1.12 bits per heavy atom. The van der Waals surface area contributed by atoms with Gasteiger partial charge in [0.25, 0.3) is 0 Å². The maximum atomic E-state index is 14.0. The Labute approximate surface area is 201 Å². The highest BCUT2D eigenvalue weighted by molar-refractivity contribution is 6.05. The summed E-state index contributed by atoms with van der Waals surface area (Å²) in [4.78, 5) is 21.7. The highest BCUT2D eigenvalue weighted by atomic mass is 16.5. The van der Waals surface area contributed by atoms with Crippen LogP contribution in [0.15, 0.2) is 59.6 Å². The highest BCUT2D eigenvalue weighted by Crippen LogP contribution is 2.64. The summed E-state index contributed by atoms with van der Waals surface area (Å²) in [5, 5.41) is 10.3. The van der Waals surface area contributed by atoms with Crippen LogP contribution in [0.3, 0.4) is 0 Å². The van der Waals surface area contributed by atoms with Crippen LogP contribution < -0.4 is 0 Å². The van der Waals surface area contributed by atoms with Crippen LogP contribution in [0.2, 0.25) is 0 Å². The summed E-state index contributed by atoms with van der Waals surface area (Å²) in [6.07, 6.45) is 5.54. The fourth-order valence-corrected chi connectivity index (χ4v) is 8.20. The van der Waals surface area contributed by atoms with Crippen molar-refractivity contribution in [3.05, 3.63) is 65.7 Å². The SMILES string of the molecule is COC(=O)C1(C2CCCC2CO)CCC2=Nc3ccccc3C23CCN(Cc2ccccc2)C31. The fraction of sp³-hybridized carbons (Fsp3) is 0.517. The Bertz CT molecular complexity index is 1120. The van der Waals surface area contributed by atoms with Crippen molar-refractivity contribution in [2.45, 2.75) is 56.5 Å². The Morgan fingerprint density at radius 3 is 2.71 bits per heavy atom. The number of carbonyl (C=O) groups is 1. The normalized spacial score (nSPS) is 34.3. The molecule has 0 bridgehead atoms. The third-order valence-electron chi connectivity index (χ3n) is 9.39. The van der Waals surface area contributed by atoms with Gasteiger partial charge in [0.15, 0.2) is 0 Å². The lowest BCUT2D eigenvalue weighted by Crippen LogP contribution is -2.65. The number of carbonyl (C=O) groups excluding carboxylic acids is 1. The highest BCUT2D eigenvalue weighted by Gasteiger charge is 2.70. The first-order valence-electron chi connectivity index (χ1n) is 12.8. The number of benzene rings is 2. The number of aliphatic hydroxyl groups excluding tert-OH is 1. The number of aliphatic hydroxyl groups is 1. The summed E-state index contributed by atoms with van der Waals surface area (Å²) in [7, 11) is 1.54. The first-order chi connectivity index (χ1) is 16.6. The van der Waals surface area contributed by atoms with Crippen LogP contribution in [-0.4, -0.2) is 48.0 Å².